The van der Waals surface area contributed by atoms with E-state index in [1.807, 2.05) is 0 Å². The minimum atomic E-state index is 0.549. The minimum absolute atomic E-state index is 0.549. The van der Waals surface area contributed by atoms with Gasteiger partial charge in [-0.2, -0.15) is 0 Å². The molecule has 13 heavy (non-hydrogen) atoms. The van der Waals surface area contributed by atoms with E-state index in [-0.39, 0.29) is 0 Å². The number of benzene rings is 1. The highest BCUT2D eigenvalue weighted by atomic mass is 79.9. The third kappa shape index (κ3) is 1.51. The predicted molar refractivity (Wildman–Crippen MR) is 57.4 cm³/mol. The average Bonchev–Trinajstić information content (AvgIpc) is 2.15. The summed E-state index contributed by atoms with van der Waals surface area (Å²) in [6.45, 7) is 0.764. The fraction of sp³-hybridized carbons (Fsp3) is 0.333. The number of nitrogen functional groups attached to an aromatic ring is 1. The first-order valence-corrected chi connectivity index (χ1v) is 5.26. The van der Waals surface area contributed by atoms with Gasteiger partial charge in [0.25, 0.3) is 0 Å². The van der Waals surface area contributed by atoms with Gasteiger partial charge in [0.2, 0.25) is 0 Å². The van der Waals surface area contributed by atoms with E-state index >= 15 is 0 Å². The first-order chi connectivity index (χ1) is 6.20. The largest absolute Gasteiger partial charge is 0.493 e. The van der Waals surface area contributed by atoms with Crippen LogP contribution in [0.2, 0.25) is 5.02 Å². The van der Waals surface area contributed by atoms with Crippen molar-refractivity contribution in [1.29, 1.82) is 0 Å². The van der Waals surface area contributed by atoms with Crippen molar-refractivity contribution in [3.8, 4) is 5.75 Å². The Morgan fingerprint density at radius 2 is 2.31 bits per heavy atom. The van der Waals surface area contributed by atoms with Crippen LogP contribution >= 0.6 is 27.5 Å². The van der Waals surface area contributed by atoms with Crippen molar-refractivity contribution >= 4 is 33.2 Å². The van der Waals surface area contributed by atoms with Crippen LogP contribution in [0.4, 0.5) is 5.69 Å². The van der Waals surface area contributed by atoms with Gasteiger partial charge in [0.1, 0.15) is 5.75 Å². The van der Waals surface area contributed by atoms with Gasteiger partial charge in [0.15, 0.2) is 0 Å². The SMILES string of the molecule is Nc1c(Cl)cc2c(c1Br)CCCO2. The van der Waals surface area contributed by atoms with Crippen LogP contribution in [0.5, 0.6) is 5.75 Å². The maximum Gasteiger partial charge on any atom is 0.125 e. The van der Waals surface area contributed by atoms with Gasteiger partial charge in [-0.1, -0.05) is 11.6 Å². The van der Waals surface area contributed by atoms with E-state index in [1.165, 1.54) is 0 Å². The van der Waals surface area contributed by atoms with Gasteiger partial charge < -0.3 is 10.5 Å². The third-order valence-electron chi connectivity index (χ3n) is 2.14. The monoisotopic (exact) mass is 261 g/mol. The summed E-state index contributed by atoms with van der Waals surface area (Å²) < 4.78 is 6.35. The van der Waals surface area contributed by atoms with Crippen molar-refractivity contribution < 1.29 is 4.74 Å². The molecule has 0 saturated heterocycles. The normalized spacial score (nSPS) is 14.9. The molecule has 1 aromatic rings. The van der Waals surface area contributed by atoms with Crippen LogP contribution in [0.25, 0.3) is 0 Å². The van der Waals surface area contributed by atoms with Crippen LogP contribution in [0.15, 0.2) is 10.5 Å². The molecule has 4 heteroatoms. The molecule has 1 aliphatic rings. The molecule has 0 amide bonds. The van der Waals surface area contributed by atoms with Crippen molar-refractivity contribution in [2.75, 3.05) is 12.3 Å². The Hall–Kier alpha value is -0.410. The van der Waals surface area contributed by atoms with E-state index in [2.05, 4.69) is 15.9 Å². The lowest BCUT2D eigenvalue weighted by Crippen LogP contribution is -2.09. The minimum Gasteiger partial charge on any atom is -0.493 e. The Labute approximate surface area is 90.1 Å². The summed E-state index contributed by atoms with van der Waals surface area (Å²) in [5.74, 6) is 0.859. The second-order valence-electron chi connectivity index (χ2n) is 3.01. The Morgan fingerprint density at radius 1 is 1.54 bits per heavy atom. The van der Waals surface area contributed by atoms with Crippen molar-refractivity contribution in [2.24, 2.45) is 0 Å². The maximum absolute atomic E-state index is 5.92. The first kappa shape index (κ1) is 9.16. The van der Waals surface area contributed by atoms with Crippen LogP contribution in [0, 0.1) is 0 Å². The molecule has 0 aromatic heterocycles. The smallest absolute Gasteiger partial charge is 0.125 e. The summed E-state index contributed by atoms with van der Waals surface area (Å²) in [7, 11) is 0. The third-order valence-corrected chi connectivity index (χ3v) is 3.36. The molecule has 0 fully saturated rings. The van der Waals surface area contributed by atoms with Gasteiger partial charge >= 0.3 is 0 Å². The summed E-state index contributed by atoms with van der Waals surface area (Å²) in [6, 6.07) is 1.79. The number of nitrogens with two attached hydrogens (primary N) is 1. The van der Waals surface area contributed by atoms with Gasteiger partial charge in [-0.15, -0.1) is 0 Å². The van der Waals surface area contributed by atoms with Crippen molar-refractivity contribution in [3.63, 3.8) is 0 Å². The van der Waals surface area contributed by atoms with Crippen LogP contribution in [-0.4, -0.2) is 6.61 Å². The molecule has 1 aliphatic heterocycles. The molecule has 0 aliphatic carbocycles. The van der Waals surface area contributed by atoms with Gasteiger partial charge in [-0.05, 0) is 28.8 Å². The average molecular weight is 263 g/mol. The van der Waals surface area contributed by atoms with E-state index in [4.69, 9.17) is 22.1 Å². The van der Waals surface area contributed by atoms with Gasteiger partial charge in [0.05, 0.1) is 17.3 Å². The van der Waals surface area contributed by atoms with E-state index < -0.39 is 0 Å². The summed E-state index contributed by atoms with van der Waals surface area (Å²) >= 11 is 9.34. The molecule has 0 bridgehead atoms. The second kappa shape index (κ2) is 3.39. The highest BCUT2D eigenvalue weighted by Crippen LogP contribution is 2.39. The first-order valence-electron chi connectivity index (χ1n) is 4.09. The molecule has 0 unspecified atom stereocenters. The summed E-state index contributed by atoms with van der Waals surface area (Å²) in [4.78, 5) is 0. The summed E-state index contributed by atoms with van der Waals surface area (Å²) in [6.07, 6.45) is 2.03. The molecular weight excluding hydrogens is 253 g/mol. The Kier molecular flexibility index (Phi) is 2.39. The number of hydrogen-bond donors (Lipinski definition) is 1. The van der Waals surface area contributed by atoms with E-state index in [1.54, 1.807) is 6.07 Å². The Morgan fingerprint density at radius 3 is 3.08 bits per heavy atom. The Bertz CT molecular complexity index is 354. The van der Waals surface area contributed by atoms with E-state index in [0.717, 1.165) is 35.2 Å². The predicted octanol–water partition coefficient (Wildman–Crippen LogP) is 3.01. The van der Waals surface area contributed by atoms with Gasteiger partial charge in [-0.3, -0.25) is 0 Å². The molecule has 1 heterocycles. The van der Waals surface area contributed by atoms with Crippen molar-refractivity contribution in [1.82, 2.24) is 0 Å². The molecule has 2 nitrogen and oxygen atoms in total. The quantitative estimate of drug-likeness (QED) is 0.730. The van der Waals surface area contributed by atoms with Crippen LogP contribution < -0.4 is 10.5 Å². The molecule has 70 valence electrons. The van der Waals surface area contributed by atoms with Gasteiger partial charge in [-0.25, -0.2) is 0 Å². The zero-order chi connectivity index (χ0) is 9.42. The number of hydrogen-bond acceptors (Lipinski definition) is 2. The molecule has 0 radical (unpaired) electrons. The number of ether oxygens (including phenoxy) is 1. The van der Waals surface area contributed by atoms with Crippen LogP contribution in [0.1, 0.15) is 12.0 Å². The summed E-state index contributed by atoms with van der Waals surface area (Å²) in [5, 5.41) is 0.549. The van der Waals surface area contributed by atoms with Crippen molar-refractivity contribution in [3.05, 3.63) is 21.1 Å². The zero-order valence-electron chi connectivity index (χ0n) is 6.94. The lowest BCUT2D eigenvalue weighted by atomic mass is 10.1. The molecule has 2 N–H and O–H groups in total. The maximum atomic E-state index is 5.92. The lowest BCUT2D eigenvalue weighted by molar-refractivity contribution is 0.288. The molecule has 1 aromatic carbocycles. The Balaban J connectivity index is 2.60. The lowest BCUT2D eigenvalue weighted by Gasteiger charge is -2.19. The highest BCUT2D eigenvalue weighted by Gasteiger charge is 2.17. The van der Waals surface area contributed by atoms with E-state index in [9.17, 15) is 0 Å². The van der Waals surface area contributed by atoms with Crippen LogP contribution in [0.3, 0.4) is 0 Å². The number of fused-ring (bicyclic) bond motifs is 1. The molecule has 2 rings (SSSR count). The van der Waals surface area contributed by atoms with Crippen LogP contribution in [-0.2, 0) is 6.42 Å². The highest BCUT2D eigenvalue weighted by molar-refractivity contribution is 9.10. The van der Waals surface area contributed by atoms with Crippen molar-refractivity contribution in [2.45, 2.75) is 12.8 Å². The molecule has 0 atom stereocenters. The fourth-order valence-corrected chi connectivity index (χ4v) is 2.36. The fourth-order valence-electron chi connectivity index (χ4n) is 1.45. The zero-order valence-corrected chi connectivity index (χ0v) is 9.28. The topological polar surface area (TPSA) is 35.2 Å². The number of rotatable bonds is 0. The van der Waals surface area contributed by atoms with Gasteiger partial charge in [0, 0.05) is 16.1 Å². The standard InChI is InChI=1S/C9H9BrClNO/c10-8-5-2-1-3-13-7(5)4-6(11)9(8)12/h4H,1-3,12H2. The second-order valence-corrected chi connectivity index (χ2v) is 4.21. The molecular formula is C9H9BrClNO. The summed E-state index contributed by atoms with van der Waals surface area (Å²) in [5.41, 5.74) is 7.51. The molecule has 0 saturated carbocycles. The number of anilines is 1. The molecule has 0 spiro atoms. The number of halogens is 2. The van der Waals surface area contributed by atoms with E-state index in [0.29, 0.717) is 10.7 Å².